The summed E-state index contributed by atoms with van der Waals surface area (Å²) in [6.07, 6.45) is -0.350. The topological polar surface area (TPSA) is 77.7 Å². The van der Waals surface area contributed by atoms with Gasteiger partial charge in [-0.1, -0.05) is 39.3 Å². The molecule has 3 aromatic rings. The van der Waals surface area contributed by atoms with Crippen molar-refractivity contribution in [3.8, 4) is 5.75 Å². The molecule has 0 spiro atoms. The van der Waals surface area contributed by atoms with Gasteiger partial charge in [-0.15, -0.1) is 0 Å². The summed E-state index contributed by atoms with van der Waals surface area (Å²) in [5.74, 6) is -0.278. The van der Waals surface area contributed by atoms with Crippen LogP contribution in [0.25, 0.3) is 0 Å². The molecule has 2 heterocycles. The largest absolute Gasteiger partial charge is 0.471 e. The molecule has 0 radical (unpaired) electrons. The fourth-order valence-electron chi connectivity index (χ4n) is 3.26. The number of hydrogen-bond donors (Lipinski definition) is 1. The van der Waals surface area contributed by atoms with Crippen molar-refractivity contribution >= 4 is 33.2 Å². The molecule has 1 amide bonds. The van der Waals surface area contributed by atoms with E-state index in [-0.39, 0.29) is 18.5 Å². The molecule has 1 aromatic heterocycles. The molecule has 1 N–H and O–H groups in total. The van der Waals surface area contributed by atoms with Crippen LogP contribution in [0.2, 0.25) is 0 Å². The molecule has 0 fully saturated rings. The van der Waals surface area contributed by atoms with Crippen LogP contribution in [0.3, 0.4) is 0 Å². The van der Waals surface area contributed by atoms with E-state index in [1.54, 1.807) is 23.7 Å². The zero-order valence-corrected chi connectivity index (χ0v) is 18.5. The Balaban J connectivity index is 1.40. The van der Waals surface area contributed by atoms with E-state index in [1.165, 1.54) is 12.1 Å². The Bertz CT molecular complexity index is 1160. The lowest BCUT2D eigenvalue weighted by molar-refractivity contribution is -0.125. The highest BCUT2D eigenvalue weighted by Crippen LogP contribution is 2.24. The van der Waals surface area contributed by atoms with Gasteiger partial charge in [0.1, 0.15) is 11.6 Å². The molecule has 0 bridgehead atoms. The fourth-order valence-corrected chi connectivity index (χ4v) is 3.66. The van der Waals surface area contributed by atoms with Crippen molar-refractivity contribution in [3.05, 3.63) is 75.8 Å². The number of hydrogen-bond acceptors (Lipinski definition) is 5. The molecule has 9 heteroatoms. The van der Waals surface area contributed by atoms with Gasteiger partial charge in [-0.05, 0) is 38.1 Å². The quantitative estimate of drug-likeness (QED) is 0.553. The summed E-state index contributed by atoms with van der Waals surface area (Å²) in [6.45, 7) is 3.70. The summed E-state index contributed by atoms with van der Waals surface area (Å²) in [7, 11) is 0. The predicted molar refractivity (Wildman–Crippen MR) is 118 cm³/mol. The van der Waals surface area contributed by atoms with Crippen molar-refractivity contribution in [2.75, 3.05) is 5.32 Å². The second-order valence-corrected chi connectivity index (χ2v) is 8.03. The van der Waals surface area contributed by atoms with E-state index >= 15 is 0 Å². The van der Waals surface area contributed by atoms with Gasteiger partial charge < -0.3 is 14.9 Å². The maximum atomic E-state index is 13.3. The highest BCUT2D eigenvalue weighted by atomic mass is 79.9. The zero-order valence-electron chi connectivity index (χ0n) is 16.9. The molecule has 1 unspecified atom stereocenters. The fraction of sp³-hybridized carbons (Fsp3) is 0.227. The van der Waals surface area contributed by atoms with Crippen molar-refractivity contribution in [1.82, 2.24) is 9.78 Å². The minimum absolute atomic E-state index is 0.0854. The summed E-state index contributed by atoms with van der Waals surface area (Å²) in [4.78, 5) is 18.1. The monoisotopic (exact) mass is 486 g/mol. The van der Waals surface area contributed by atoms with Crippen LogP contribution in [0.1, 0.15) is 23.4 Å². The van der Waals surface area contributed by atoms with Crippen molar-refractivity contribution in [2.24, 2.45) is 5.16 Å². The predicted octanol–water partition coefficient (Wildman–Crippen LogP) is 4.57. The third-order valence-corrected chi connectivity index (χ3v) is 5.39. The molecule has 1 aliphatic rings. The van der Waals surface area contributed by atoms with Gasteiger partial charge in [0.15, 0.2) is 6.73 Å². The highest BCUT2D eigenvalue weighted by molar-refractivity contribution is 9.10. The SMILES string of the molecule is Cc1nn(COc2cccc(F)c2)c(C)c1NC(=O)C1CC(c2cccc(Br)c2)=NO1. The average Bonchev–Trinajstić information content (AvgIpc) is 3.33. The van der Waals surface area contributed by atoms with E-state index in [4.69, 9.17) is 9.57 Å². The van der Waals surface area contributed by atoms with Gasteiger partial charge in [-0.25, -0.2) is 9.07 Å². The summed E-state index contributed by atoms with van der Waals surface area (Å²) in [6, 6.07) is 13.6. The number of nitrogens with one attached hydrogen (secondary N) is 1. The molecule has 7 nitrogen and oxygen atoms in total. The molecule has 1 aliphatic heterocycles. The number of oxime groups is 1. The molecule has 4 rings (SSSR count). The van der Waals surface area contributed by atoms with Gasteiger partial charge in [-0.3, -0.25) is 4.79 Å². The van der Waals surface area contributed by atoms with E-state index in [1.807, 2.05) is 31.2 Å². The second kappa shape index (κ2) is 8.89. The number of nitrogens with zero attached hydrogens (tertiary/aromatic N) is 3. The van der Waals surface area contributed by atoms with Gasteiger partial charge in [0, 0.05) is 22.5 Å². The smallest absolute Gasteiger partial charge is 0.268 e. The summed E-state index contributed by atoms with van der Waals surface area (Å²) in [5, 5.41) is 11.4. The van der Waals surface area contributed by atoms with Crippen LogP contribution in [0, 0.1) is 19.7 Å². The first-order valence-corrected chi connectivity index (χ1v) is 10.4. The lowest BCUT2D eigenvalue weighted by atomic mass is 10.0. The van der Waals surface area contributed by atoms with Crippen LogP contribution in [0.5, 0.6) is 5.75 Å². The van der Waals surface area contributed by atoms with Gasteiger partial charge in [-0.2, -0.15) is 5.10 Å². The van der Waals surface area contributed by atoms with E-state index in [0.29, 0.717) is 35.0 Å². The highest BCUT2D eigenvalue weighted by Gasteiger charge is 2.30. The molecule has 2 aromatic carbocycles. The normalized spacial score (nSPS) is 15.4. The zero-order chi connectivity index (χ0) is 22.0. The average molecular weight is 487 g/mol. The maximum Gasteiger partial charge on any atom is 0.268 e. The number of ether oxygens (including phenoxy) is 1. The van der Waals surface area contributed by atoms with Crippen LogP contribution in [-0.2, 0) is 16.4 Å². The van der Waals surface area contributed by atoms with Gasteiger partial charge in [0.25, 0.3) is 5.91 Å². The molecule has 0 saturated carbocycles. The first-order valence-electron chi connectivity index (χ1n) is 9.62. The Hall–Kier alpha value is -3.20. The number of amides is 1. The maximum absolute atomic E-state index is 13.3. The van der Waals surface area contributed by atoms with Crippen LogP contribution in [0.4, 0.5) is 10.1 Å². The van der Waals surface area contributed by atoms with Crippen LogP contribution in [-0.4, -0.2) is 27.5 Å². The Morgan fingerprint density at radius 3 is 2.87 bits per heavy atom. The van der Waals surface area contributed by atoms with Gasteiger partial charge in [0.2, 0.25) is 6.10 Å². The molecule has 0 aliphatic carbocycles. The standard InChI is InChI=1S/C22H20BrFN4O3/c1-13-21(14(2)28(26-13)12-30-18-8-4-7-17(24)10-18)25-22(29)20-11-19(27-31-20)15-5-3-6-16(23)9-15/h3-10,20H,11-12H2,1-2H3,(H,25,29). The molecular weight excluding hydrogens is 467 g/mol. The number of halogens is 2. The first-order chi connectivity index (χ1) is 14.9. The van der Waals surface area contributed by atoms with Crippen molar-refractivity contribution < 1.29 is 18.8 Å². The van der Waals surface area contributed by atoms with Crippen LogP contribution < -0.4 is 10.1 Å². The molecule has 1 atom stereocenters. The third-order valence-electron chi connectivity index (χ3n) is 4.90. The van der Waals surface area contributed by atoms with E-state index < -0.39 is 6.10 Å². The Labute approximate surface area is 187 Å². The number of carbonyl (C=O) groups excluding carboxylic acids is 1. The summed E-state index contributed by atoms with van der Waals surface area (Å²) in [5.41, 5.74) is 3.56. The number of aryl methyl sites for hydroxylation is 1. The number of benzene rings is 2. The van der Waals surface area contributed by atoms with Gasteiger partial charge in [0.05, 0.1) is 22.8 Å². The van der Waals surface area contributed by atoms with Crippen LogP contribution in [0.15, 0.2) is 58.2 Å². The van der Waals surface area contributed by atoms with Crippen molar-refractivity contribution in [2.45, 2.75) is 33.1 Å². The summed E-state index contributed by atoms with van der Waals surface area (Å²) < 4.78 is 21.5. The Kier molecular flexibility index (Phi) is 6.03. The van der Waals surface area contributed by atoms with E-state index in [2.05, 4.69) is 31.5 Å². The minimum Gasteiger partial charge on any atom is -0.471 e. The summed E-state index contributed by atoms with van der Waals surface area (Å²) >= 11 is 3.43. The number of anilines is 1. The van der Waals surface area contributed by atoms with E-state index in [9.17, 15) is 9.18 Å². The number of carbonyl (C=O) groups is 1. The molecule has 0 saturated heterocycles. The molecular formula is C22H20BrFN4O3. The van der Waals surface area contributed by atoms with Gasteiger partial charge >= 0.3 is 0 Å². The minimum atomic E-state index is -0.723. The second-order valence-electron chi connectivity index (χ2n) is 7.11. The molecule has 160 valence electrons. The molecule has 31 heavy (non-hydrogen) atoms. The first kappa shape index (κ1) is 21.0. The number of aromatic nitrogens is 2. The third kappa shape index (κ3) is 4.77. The Morgan fingerprint density at radius 2 is 2.10 bits per heavy atom. The van der Waals surface area contributed by atoms with Crippen molar-refractivity contribution in [3.63, 3.8) is 0 Å². The van der Waals surface area contributed by atoms with E-state index in [0.717, 1.165) is 10.0 Å². The number of rotatable bonds is 6. The lowest BCUT2D eigenvalue weighted by Gasteiger charge is -2.11. The Morgan fingerprint density at radius 1 is 1.29 bits per heavy atom. The van der Waals surface area contributed by atoms with Crippen LogP contribution >= 0.6 is 15.9 Å². The lowest BCUT2D eigenvalue weighted by Crippen LogP contribution is -2.28. The van der Waals surface area contributed by atoms with Crippen molar-refractivity contribution in [1.29, 1.82) is 0 Å².